The largest absolute Gasteiger partial charge is 0.480 e. The van der Waals surface area contributed by atoms with Gasteiger partial charge in [-0.15, -0.1) is 0 Å². The molecule has 8 heteroatoms. The number of carbonyl (C=O) groups is 1. The first-order valence-corrected chi connectivity index (χ1v) is 11.9. The average molecular weight is 452 g/mol. The first-order valence-electron chi connectivity index (χ1n) is 10.0. The summed E-state index contributed by atoms with van der Waals surface area (Å²) < 4.78 is 30.5. The molecule has 1 saturated heterocycles. The summed E-state index contributed by atoms with van der Waals surface area (Å²) in [6.07, 6.45) is 2.22. The highest BCUT2D eigenvalue weighted by atomic mass is 35.5. The van der Waals surface area contributed by atoms with Crippen molar-refractivity contribution < 1.29 is 23.1 Å². The van der Waals surface area contributed by atoms with Crippen molar-refractivity contribution in [2.75, 3.05) is 19.6 Å². The topological polar surface area (TPSA) is 83.9 Å². The van der Waals surface area contributed by atoms with Crippen LogP contribution < -0.4 is 4.74 Å². The molecule has 0 spiro atoms. The maximum atomic E-state index is 13.3. The van der Waals surface area contributed by atoms with Crippen molar-refractivity contribution in [1.82, 2.24) is 4.90 Å². The van der Waals surface area contributed by atoms with E-state index in [1.165, 1.54) is 24.3 Å². The van der Waals surface area contributed by atoms with E-state index in [4.69, 9.17) is 16.3 Å². The Labute approximate surface area is 182 Å². The van der Waals surface area contributed by atoms with E-state index in [1.807, 2.05) is 0 Å². The normalized spacial score (nSPS) is 16.9. The zero-order valence-electron chi connectivity index (χ0n) is 16.9. The van der Waals surface area contributed by atoms with E-state index in [9.17, 15) is 18.3 Å². The standard InChI is InChI=1S/C22H26ClNO5S/c1-2-3-14-24-15-12-22(13-16-24,21(25)26)30(27,28)20-10-8-19(9-11-20)29-18-6-4-17(23)5-7-18/h4-11H,2-3,12-16H2,1H3,(H,25,26). The molecule has 1 heterocycles. The lowest BCUT2D eigenvalue weighted by atomic mass is 9.95. The highest BCUT2D eigenvalue weighted by Crippen LogP contribution is 2.37. The fraction of sp³-hybridized carbons (Fsp3) is 0.409. The molecule has 0 atom stereocenters. The molecule has 1 aliphatic heterocycles. The van der Waals surface area contributed by atoms with Crippen LogP contribution in [0.15, 0.2) is 53.4 Å². The van der Waals surface area contributed by atoms with Gasteiger partial charge >= 0.3 is 5.97 Å². The number of benzene rings is 2. The first kappa shape index (κ1) is 22.6. The van der Waals surface area contributed by atoms with E-state index >= 15 is 0 Å². The Kier molecular flexibility index (Phi) is 7.06. The summed E-state index contributed by atoms with van der Waals surface area (Å²) in [5.41, 5.74) is 0. The second kappa shape index (κ2) is 9.37. The molecule has 162 valence electrons. The molecular formula is C22H26ClNO5S. The molecule has 0 saturated carbocycles. The highest BCUT2D eigenvalue weighted by Gasteiger charge is 2.53. The van der Waals surface area contributed by atoms with E-state index < -0.39 is 20.6 Å². The smallest absolute Gasteiger partial charge is 0.325 e. The maximum absolute atomic E-state index is 13.3. The van der Waals surface area contributed by atoms with E-state index in [-0.39, 0.29) is 17.7 Å². The number of halogens is 1. The lowest BCUT2D eigenvalue weighted by Crippen LogP contribution is -2.54. The van der Waals surface area contributed by atoms with Gasteiger partial charge in [-0.2, -0.15) is 0 Å². The third-order valence-corrected chi connectivity index (χ3v) is 8.34. The number of carboxylic acid groups (broad SMARTS) is 1. The molecule has 2 aromatic carbocycles. The molecule has 1 aliphatic rings. The summed E-state index contributed by atoms with van der Waals surface area (Å²) in [6, 6.07) is 12.7. The van der Waals surface area contributed by atoms with Crippen LogP contribution in [0, 0.1) is 0 Å². The van der Waals surface area contributed by atoms with E-state index in [0.717, 1.165) is 19.4 Å². The van der Waals surface area contributed by atoms with Crippen molar-refractivity contribution in [3.8, 4) is 11.5 Å². The zero-order valence-corrected chi connectivity index (χ0v) is 18.5. The Bertz CT molecular complexity index is 966. The fourth-order valence-electron chi connectivity index (χ4n) is 3.67. The van der Waals surface area contributed by atoms with Crippen molar-refractivity contribution in [3.63, 3.8) is 0 Å². The molecule has 3 rings (SSSR count). The van der Waals surface area contributed by atoms with Gasteiger partial charge in [-0.05, 0) is 74.3 Å². The number of piperidine rings is 1. The lowest BCUT2D eigenvalue weighted by Gasteiger charge is -2.38. The molecule has 0 radical (unpaired) electrons. The quantitative estimate of drug-likeness (QED) is 0.630. The number of carboxylic acids is 1. The summed E-state index contributed by atoms with van der Waals surface area (Å²) in [6.45, 7) is 3.88. The van der Waals surface area contributed by atoms with Crippen LogP contribution in [0.25, 0.3) is 0 Å². The van der Waals surface area contributed by atoms with Crippen LogP contribution >= 0.6 is 11.6 Å². The maximum Gasteiger partial charge on any atom is 0.325 e. The third-order valence-electron chi connectivity index (χ3n) is 5.58. The Morgan fingerprint density at radius 3 is 2.10 bits per heavy atom. The van der Waals surface area contributed by atoms with Crippen LogP contribution in [-0.4, -0.2) is 48.8 Å². The van der Waals surface area contributed by atoms with Crippen molar-refractivity contribution >= 4 is 27.4 Å². The minimum atomic E-state index is -4.06. The molecule has 0 amide bonds. The van der Waals surface area contributed by atoms with E-state index in [0.29, 0.717) is 29.6 Å². The molecule has 0 aliphatic carbocycles. The minimum absolute atomic E-state index is 0.00429. The second-order valence-electron chi connectivity index (χ2n) is 7.53. The number of rotatable bonds is 8. The Hall–Kier alpha value is -2.09. The van der Waals surface area contributed by atoms with E-state index in [2.05, 4.69) is 11.8 Å². The summed E-state index contributed by atoms with van der Waals surface area (Å²) in [7, 11) is -4.06. The van der Waals surface area contributed by atoms with Gasteiger partial charge in [0.15, 0.2) is 14.6 Å². The predicted octanol–water partition coefficient (Wildman–Crippen LogP) is 4.63. The van der Waals surface area contributed by atoms with Crippen molar-refractivity contribution in [1.29, 1.82) is 0 Å². The van der Waals surface area contributed by atoms with Crippen molar-refractivity contribution in [2.24, 2.45) is 0 Å². The van der Waals surface area contributed by atoms with Gasteiger partial charge in [-0.3, -0.25) is 4.79 Å². The van der Waals surface area contributed by atoms with Gasteiger partial charge in [0.05, 0.1) is 4.90 Å². The minimum Gasteiger partial charge on any atom is -0.480 e. The molecule has 1 fully saturated rings. The molecule has 1 N–H and O–H groups in total. The number of hydrogen-bond acceptors (Lipinski definition) is 5. The van der Waals surface area contributed by atoms with Crippen LogP contribution in [0.4, 0.5) is 0 Å². The predicted molar refractivity (Wildman–Crippen MR) is 116 cm³/mol. The van der Waals surface area contributed by atoms with Gasteiger partial charge in [-0.25, -0.2) is 8.42 Å². The lowest BCUT2D eigenvalue weighted by molar-refractivity contribution is -0.141. The zero-order chi connectivity index (χ0) is 21.8. The van der Waals surface area contributed by atoms with Crippen LogP contribution in [0.5, 0.6) is 11.5 Å². The summed E-state index contributed by atoms with van der Waals surface area (Å²) in [4.78, 5) is 14.3. The molecular weight excluding hydrogens is 426 g/mol. The third kappa shape index (κ3) is 4.63. The number of likely N-dealkylation sites (tertiary alicyclic amines) is 1. The SMILES string of the molecule is CCCCN1CCC(C(=O)O)(S(=O)(=O)c2ccc(Oc3ccc(Cl)cc3)cc2)CC1. The number of unbranched alkanes of at least 4 members (excludes halogenated alkanes) is 1. The van der Waals surface area contributed by atoms with Crippen LogP contribution in [0.2, 0.25) is 5.02 Å². The molecule has 2 aromatic rings. The van der Waals surface area contributed by atoms with Crippen molar-refractivity contribution in [2.45, 2.75) is 42.2 Å². The Balaban J connectivity index is 1.78. The van der Waals surface area contributed by atoms with Crippen LogP contribution in [-0.2, 0) is 14.6 Å². The highest BCUT2D eigenvalue weighted by molar-refractivity contribution is 7.93. The van der Waals surface area contributed by atoms with Crippen LogP contribution in [0.3, 0.4) is 0 Å². The van der Waals surface area contributed by atoms with Gasteiger partial charge in [-0.1, -0.05) is 24.9 Å². The number of nitrogens with zero attached hydrogens (tertiary/aromatic N) is 1. The monoisotopic (exact) mass is 451 g/mol. The number of sulfone groups is 1. The second-order valence-corrected chi connectivity index (χ2v) is 10.2. The van der Waals surface area contributed by atoms with Gasteiger partial charge in [0.25, 0.3) is 0 Å². The molecule has 0 aromatic heterocycles. The number of hydrogen-bond donors (Lipinski definition) is 1. The van der Waals surface area contributed by atoms with Crippen LogP contribution in [0.1, 0.15) is 32.6 Å². The summed E-state index contributed by atoms with van der Waals surface area (Å²) in [5, 5.41) is 10.5. The van der Waals surface area contributed by atoms with Gasteiger partial charge in [0.1, 0.15) is 11.5 Å². The number of aliphatic carboxylic acids is 1. The molecule has 0 bridgehead atoms. The van der Waals surface area contributed by atoms with Crippen molar-refractivity contribution in [3.05, 3.63) is 53.6 Å². The van der Waals surface area contributed by atoms with E-state index in [1.54, 1.807) is 24.3 Å². The molecule has 0 unspecified atom stereocenters. The van der Waals surface area contributed by atoms with Gasteiger partial charge in [0.2, 0.25) is 0 Å². The van der Waals surface area contributed by atoms with Gasteiger partial charge in [0, 0.05) is 18.1 Å². The summed E-state index contributed by atoms with van der Waals surface area (Å²) in [5.74, 6) is -0.259. The van der Waals surface area contributed by atoms with Gasteiger partial charge < -0.3 is 14.7 Å². The Morgan fingerprint density at radius 2 is 1.60 bits per heavy atom. The first-order chi connectivity index (χ1) is 14.3. The fourth-order valence-corrected chi connectivity index (χ4v) is 5.69. The summed E-state index contributed by atoms with van der Waals surface area (Å²) >= 11 is 5.86. The Morgan fingerprint density at radius 1 is 1.07 bits per heavy atom. The number of ether oxygens (including phenoxy) is 1. The molecule has 6 nitrogen and oxygen atoms in total. The molecule has 30 heavy (non-hydrogen) atoms. The average Bonchev–Trinajstić information content (AvgIpc) is 2.74.